The molecule has 0 bridgehead atoms. The van der Waals surface area contributed by atoms with Gasteiger partial charge in [0.05, 0.1) is 0 Å². The molecule has 0 amide bonds. The fraction of sp³-hybridized carbons (Fsp3) is 0.250. The first-order valence-electron chi connectivity index (χ1n) is 9.25. The van der Waals surface area contributed by atoms with Crippen molar-refractivity contribution >= 4 is 0 Å². The van der Waals surface area contributed by atoms with Crippen molar-refractivity contribution in [2.45, 2.75) is 36.6 Å². The first-order valence-corrected chi connectivity index (χ1v) is 9.25. The van der Waals surface area contributed by atoms with E-state index in [0.29, 0.717) is 17.8 Å². The summed E-state index contributed by atoms with van der Waals surface area (Å²) >= 11 is 0. The van der Waals surface area contributed by atoms with Crippen LogP contribution < -0.4 is 5.73 Å². The van der Waals surface area contributed by atoms with E-state index in [0.717, 1.165) is 6.42 Å². The summed E-state index contributed by atoms with van der Waals surface area (Å²) in [5, 5.41) is 0. The summed E-state index contributed by atoms with van der Waals surface area (Å²) in [6.45, 7) is 0. The second kappa shape index (κ2) is 7.25. The van der Waals surface area contributed by atoms with E-state index < -0.39 is 0 Å². The van der Waals surface area contributed by atoms with E-state index in [1.54, 1.807) is 0 Å². The number of rotatable bonds is 3. The van der Waals surface area contributed by atoms with Crippen LogP contribution in [0.25, 0.3) is 0 Å². The highest BCUT2D eigenvalue weighted by molar-refractivity contribution is 5.34. The third-order valence-corrected chi connectivity index (χ3v) is 5.74. The molecule has 3 aromatic carbocycles. The van der Waals surface area contributed by atoms with E-state index in [4.69, 9.17) is 5.73 Å². The highest BCUT2D eigenvalue weighted by Gasteiger charge is 2.39. The summed E-state index contributed by atoms with van der Waals surface area (Å²) < 4.78 is 0. The summed E-state index contributed by atoms with van der Waals surface area (Å²) in [7, 11) is 0. The molecule has 4 atom stereocenters. The Morgan fingerprint density at radius 1 is 0.520 bits per heavy atom. The van der Waals surface area contributed by atoms with Gasteiger partial charge < -0.3 is 5.73 Å². The third kappa shape index (κ3) is 3.25. The molecular weight excluding hydrogens is 302 g/mol. The van der Waals surface area contributed by atoms with Crippen LogP contribution in [0, 0.1) is 0 Å². The fourth-order valence-electron chi connectivity index (χ4n) is 4.54. The van der Waals surface area contributed by atoms with Crippen LogP contribution in [0.4, 0.5) is 0 Å². The zero-order valence-corrected chi connectivity index (χ0v) is 14.5. The monoisotopic (exact) mass is 327 g/mol. The van der Waals surface area contributed by atoms with E-state index in [2.05, 4.69) is 91.0 Å². The fourth-order valence-corrected chi connectivity index (χ4v) is 4.54. The van der Waals surface area contributed by atoms with Gasteiger partial charge in [-0.1, -0.05) is 91.0 Å². The Bertz CT molecular complexity index is 782. The van der Waals surface area contributed by atoms with Crippen LogP contribution in [-0.4, -0.2) is 6.04 Å². The lowest BCUT2D eigenvalue weighted by atomic mass is 9.64. The molecule has 1 aliphatic carbocycles. The van der Waals surface area contributed by atoms with Crippen molar-refractivity contribution in [3.8, 4) is 0 Å². The Kier molecular flexibility index (Phi) is 4.67. The van der Waals surface area contributed by atoms with Gasteiger partial charge in [-0.25, -0.2) is 0 Å². The van der Waals surface area contributed by atoms with E-state index in [1.165, 1.54) is 23.1 Å². The maximum absolute atomic E-state index is 6.92. The highest BCUT2D eigenvalue weighted by Crippen LogP contribution is 2.48. The van der Waals surface area contributed by atoms with Crippen molar-refractivity contribution in [3.05, 3.63) is 108 Å². The van der Waals surface area contributed by atoms with Crippen LogP contribution in [0.2, 0.25) is 0 Å². The summed E-state index contributed by atoms with van der Waals surface area (Å²) in [6.07, 6.45) is 2.32. The molecule has 1 aliphatic rings. The number of benzene rings is 3. The standard InChI is InChI=1S/C24H25N/c25-24-22(19-12-6-2-7-13-19)17-16-21(18-10-4-1-5-11-18)23(24)20-14-8-3-9-15-20/h1-15,21-24H,16-17,25H2/t21-,22+,23+,24-/m0/s1. The average molecular weight is 327 g/mol. The predicted octanol–water partition coefficient (Wildman–Crippen LogP) is 5.46. The average Bonchev–Trinajstić information content (AvgIpc) is 2.70. The molecule has 2 N–H and O–H groups in total. The second-order valence-electron chi connectivity index (χ2n) is 7.13. The molecular formula is C24H25N. The molecule has 1 fully saturated rings. The molecule has 0 spiro atoms. The molecule has 0 aromatic heterocycles. The summed E-state index contributed by atoms with van der Waals surface area (Å²) in [5.41, 5.74) is 11.1. The number of hydrogen-bond donors (Lipinski definition) is 1. The Morgan fingerprint density at radius 3 is 1.44 bits per heavy atom. The summed E-state index contributed by atoms with van der Waals surface area (Å²) in [5.74, 6) is 1.26. The largest absolute Gasteiger partial charge is 0.327 e. The SMILES string of the molecule is N[C@@H]1[C@H](c2ccccc2)[C@H](c2ccccc2)CC[C@@H]1c1ccccc1. The van der Waals surface area contributed by atoms with Gasteiger partial charge in [-0.15, -0.1) is 0 Å². The molecule has 4 rings (SSSR count). The van der Waals surface area contributed by atoms with Gasteiger partial charge in [0.15, 0.2) is 0 Å². The molecule has 0 radical (unpaired) electrons. The molecule has 1 heteroatoms. The minimum atomic E-state index is 0.128. The molecule has 0 saturated heterocycles. The van der Waals surface area contributed by atoms with Crippen molar-refractivity contribution < 1.29 is 0 Å². The Labute approximate surface area is 150 Å². The highest BCUT2D eigenvalue weighted by atomic mass is 14.7. The van der Waals surface area contributed by atoms with Crippen LogP contribution in [0.5, 0.6) is 0 Å². The molecule has 126 valence electrons. The molecule has 0 heterocycles. The Morgan fingerprint density at radius 2 is 0.920 bits per heavy atom. The third-order valence-electron chi connectivity index (χ3n) is 5.74. The number of hydrogen-bond acceptors (Lipinski definition) is 1. The zero-order valence-electron chi connectivity index (χ0n) is 14.5. The summed E-state index contributed by atoms with van der Waals surface area (Å²) in [4.78, 5) is 0. The molecule has 1 nitrogen and oxygen atoms in total. The predicted molar refractivity (Wildman–Crippen MR) is 105 cm³/mol. The lowest BCUT2D eigenvalue weighted by Gasteiger charge is -2.42. The quantitative estimate of drug-likeness (QED) is 0.679. The van der Waals surface area contributed by atoms with Gasteiger partial charge in [-0.05, 0) is 41.4 Å². The van der Waals surface area contributed by atoms with Crippen molar-refractivity contribution in [2.24, 2.45) is 5.73 Å². The lowest BCUT2D eigenvalue weighted by Crippen LogP contribution is -2.41. The second-order valence-corrected chi connectivity index (χ2v) is 7.13. The molecule has 0 aliphatic heterocycles. The van der Waals surface area contributed by atoms with Crippen molar-refractivity contribution in [2.75, 3.05) is 0 Å². The Balaban J connectivity index is 1.73. The van der Waals surface area contributed by atoms with Crippen LogP contribution >= 0.6 is 0 Å². The van der Waals surface area contributed by atoms with Crippen molar-refractivity contribution in [1.29, 1.82) is 0 Å². The van der Waals surface area contributed by atoms with Gasteiger partial charge in [0.2, 0.25) is 0 Å². The molecule has 0 unspecified atom stereocenters. The minimum absolute atomic E-state index is 0.128. The molecule has 3 aromatic rings. The van der Waals surface area contributed by atoms with E-state index >= 15 is 0 Å². The van der Waals surface area contributed by atoms with Crippen LogP contribution in [0.15, 0.2) is 91.0 Å². The lowest BCUT2D eigenvalue weighted by molar-refractivity contribution is 0.300. The first-order chi connectivity index (χ1) is 12.3. The van der Waals surface area contributed by atoms with Gasteiger partial charge in [-0.3, -0.25) is 0 Å². The van der Waals surface area contributed by atoms with Crippen LogP contribution in [0.1, 0.15) is 47.3 Å². The number of nitrogens with two attached hydrogens (primary N) is 1. The van der Waals surface area contributed by atoms with Crippen LogP contribution in [0.3, 0.4) is 0 Å². The maximum Gasteiger partial charge on any atom is 0.0183 e. The van der Waals surface area contributed by atoms with Gasteiger partial charge >= 0.3 is 0 Å². The molecule has 1 saturated carbocycles. The maximum atomic E-state index is 6.92. The van der Waals surface area contributed by atoms with E-state index in [1.807, 2.05) is 0 Å². The first kappa shape index (κ1) is 16.1. The smallest absolute Gasteiger partial charge is 0.0183 e. The van der Waals surface area contributed by atoms with Gasteiger partial charge in [-0.2, -0.15) is 0 Å². The van der Waals surface area contributed by atoms with Gasteiger partial charge in [0.25, 0.3) is 0 Å². The van der Waals surface area contributed by atoms with Gasteiger partial charge in [0.1, 0.15) is 0 Å². The zero-order chi connectivity index (χ0) is 17.1. The van der Waals surface area contributed by atoms with Gasteiger partial charge in [0, 0.05) is 12.0 Å². The van der Waals surface area contributed by atoms with Crippen LogP contribution in [-0.2, 0) is 0 Å². The minimum Gasteiger partial charge on any atom is -0.327 e. The van der Waals surface area contributed by atoms with Crippen molar-refractivity contribution in [1.82, 2.24) is 0 Å². The van der Waals surface area contributed by atoms with E-state index in [-0.39, 0.29) is 6.04 Å². The molecule has 25 heavy (non-hydrogen) atoms. The van der Waals surface area contributed by atoms with Crippen molar-refractivity contribution in [3.63, 3.8) is 0 Å². The van der Waals surface area contributed by atoms with E-state index in [9.17, 15) is 0 Å². The summed E-state index contributed by atoms with van der Waals surface area (Å²) in [6, 6.07) is 32.7. The normalized spacial score (nSPS) is 26.3. The topological polar surface area (TPSA) is 26.0 Å². The Hall–Kier alpha value is -2.38.